The molecular weight excluding hydrogens is 905 g/mol. The van der Waals surface area contributed by atoms with E-state index >= 15 is 0 Å². The van der Waals surface area contributed by atoms with Gasteiger partial charge in [0.05, 0.1) is 26.4 Å². The predicted molar refractivity (Wildman–Crippen MR) is 291 cm³/mol. The van der Waals surface area contributed by atoms with Gasteiger partial charge in [0, 0.05) is 39.0 Å². The SMILES string of the molecule is C[Si](C)(CCCN)O[Si](C)(C)O[Si](C)(C)CCCN.NCC1CCCC(CN)C1.NCCCCCCCCCCN.NCCN.NCCOCCOCCN.NNC(=O)CCCCC(=O)NN. The molecule has 0 radical (unpaired) electrons. The van der Waals surface area contributed by atoms with Crippen molar-refractivity contribution in [3.8, 4) is 0 Å². The minimum Gasteiger partial charge on any atom is -0.437 e. The zero-order valence-electron chi connectivity index (χ0n) is 44.1. The molecule has 1 aliphatic carbocycles. The Morgan fingerprint density at radius 1 is 0.448 bits per heavy atom. The largest absolute Gasteiger partial charge is 0.437 e. The van der Waals surface area contributed by atoms with Crippen molar-refractivity contribution in [1.82, 2.24) is 10.9 Å². The Balaban J connectivity index is -0.000000239. The topological polar surface area (TPSA) is 407 Å². The van der Waals surface area contributed by atoms with Crippen LogP contribution in [-0.4, -0.2) is 129 Å². The Labute approximate surface area is 413 Å². The molecular formula is C44H114N14O6Si3. The first-order valence-corrected chi connectivity index (χ1v) is 34.5. The number of amides is 2. The van der Waals surface area contributed by atoms with Crippen LogP contribution in [0.4, 0.5) is 0 Å². The fourth-order valence-corrected chi connectivity index (χ4v) is 21.0. The normalized spacial score (nSPS) is 14.5. The molecule has 1 saturated carbocycles. The van der Waals surface area contributed by atoms with Crippen LogP contribution in [0.25, 0.3) is 0 Å². The van der Waals surface area contributed by atoms with E-state index in [0.29, 0.717) is 78.3 Å². The third-order valence-electron chi connectivity index (χ3n) is 10.2. The summed E-state index contributed by atoms with van der Waals surface area (Å²) in [5.74, 6) is 10.8. The number of unbranched alkanes of at least 4 members (excludes halogenated alkanes) is 8. The monoisotopic (exact) mass is 1020 g/mol. The van der Waals surface area contributed by atoms with Crippen molar-refractivity contribution in [1.29, 1.82) is 0 Å². The Kier molecular flexibility index (Phi) is 62.5. The summed E-state index contributed by atoms with van der Waals surface area (Å²) in [7, 11) is -5.31. The van der Waals surface area contributed by atoms with Crippen LogP contribution >= 0.6 is 0 Å². The van der Waals surface area contributed by atoms with E-state index in [0.717, 1.165) is 76.0 Å². The van der Waals surface area contributed by atoms with Crippen molar-refractivity contribution < 1.29 is 27.3 Å². The van der Waals surface area contributed by atoms with Gasteiger partial charge in [-0.1, -0.05) is 44.9 Å². The summed E-state index contributed by atoms with van der Waals surface area (Å²) < 4.78 is 23.0. The Morgan fingerprint density at radius 2 is 0.776 bits per heavy atom. The molecule has 408 valence electrons. The number of nitrogens with two attached hydrogens (primary N) is 12. The van der Waals surface area contributed by atoms with Gasteiger partial charge in [-0.2, -0.15) is 0 Å². The van der Waals surface area contributed by atoms with Gasteiger partial charge in [-0.3, -0.25) is 20.4 Å². The maximum Gasteiger partial charge on any atom is 0.311 e. The molecule has 20 nitrogen and oxygen atoms in total. The molecule has 1 aliphatic rings. The fraction of sp³-hybridized carbons (Fsp3) is 0.955. The third kappa shape index (κ3) is 65.0. The van der Waals surface area contributed by atoms with Gasteiger partial charge < -0.3 is 75.0 Å². The highest BCUT2D eigenvalue weighted by Gasteiger charge is 2.39. The van der Waals surface area contributed by atoms with E-state index < -0.39 is 25.2 Å². The minimum atomic E-state index is -2.03. The second-order valence-corrected chi connectivity index (χ2v) is 30.9. The van der Waals surface area contributed by atoms with E-state index in [9.17, 15) is 9.59 Å². The molecule has 26 N–H and O–H groups in total. The highest BCUT2D eigenvalue weighted by atomic mass is 28.5. The van der Waals surface area contributed by atoms with Gasteiger partial charge in [0.2, 0.25) is 11.8 Å². The lowest BCUT2D eigenvalue weighted by Gasteiger charge is -2.38. The summed E-state index contributed by atoms with van der Waals surface area (Å²) in [5.41, 5.74) is 57.3. The number of carbonyl (C=O) groups is 2. The van der Waals surface area contributed by atoms with Gasteiger partial charge in [0.15, 0.2) is 16.6 Å². The summed E-state index contributed by atoms with van der Waals surface area (Å²) >= 11 is 0. The van der Waals surface area contributed by atoms with Crippen LogP contribution in [0.5, 0.6) is 0 Å². The summed E-state index contributed by atoms with van der Waals surface area (Å²) in [6.07, 6.45) is 19.8. The number of ether oxygens (including phenoxy) is 2. The van der Waals surface area contributed by atoms with Crippen LogP contribution < -0.4 is 79.9 Å². The second kappa shape index (κ2) is 55.9. The first-order chi connectivity index (χ1) is 31.8. The molecule has 0 aromatic carbocycles. The fourth-order valence-electron chi connectivity index (χ4n) is 6.89. The lowest BCUT2D eigenvalue weighted by molar-refractivity contribution is -0.123. The molecule has 0 saturated heterocycles. The highest BCUT2D eigenvalue weighted by molar-refractivity contribution is 6.87. The van der Waals surface area contributed by atoms with E-state index in [1.165, 1.54) is 77.0 Å². The minimum absolute atomic E-state index is 0.219. The first kappa shape index (κ1) is 74.9. The molecule has 1 rings (SSSR count). The van der Waals surface area contributed by atoms with Gasteiger partial charge in [-0.05, 0) is 160 Å². The number of hydrogen-bond donors (Lipinski definition) is 14. The van der Waals surface area contributed by atoms with E-state index in [4.69, 9.17) is 86.7 Å². The van der Waals surface area contributed by atoms with Crippen LogP contribution in [0.15, 0.2) is 0 Å². The zero-order chi connectivity index (χ0) is 52.1. The molecule has 23 heteroatoms. The van der Waals surface area contributed by atoms with Crippen LogP contribution in [-0.2, 0) is 27.3 Å². The second-order valence-electron chi connectivity index (χ2n) is 18.4. The molecule has 2 amide bonds. The maximum absolute atomic E-state index is 10.6. The molecule has 0 bridgehead atoms. The smallest absolute Gasteiger partial charge is 0.311 e. The molecule has 0 spiro atoms. The Hall–Kier alpha value is -1.05. The number of hydrazine groups is 2. The van der Waals surface area contributed by atoms with Gasteiger partial charge in [0.1, 0.15) is 0 Å². The van der Waals surface area contributed by atoms with Gasteiger partial charge in [0.25, 0.3) is 0 Å². The zero-order valence-corrected chi connectivity index (χ0v) is 47.1. The molecule has 0 aliphatic heterocycles. The summed E-state index contributed by atoms with van der Waals surface area (Å²) in [6, 6.07) is 2.24. The van der Waals surface area contributed by atoms with Crippen LogP contribution in [0.2, 0.25) is 51.4 Å². The van der Waals surface area contributed by atoms with E-state index in [-0.39, 0.29) is 11.8 Å². The van der Waals surface area contributed by atoms with Crippen molar-refractivity contribution in [2.75, 3.05) is 91.9 Å². The van der Waals surface area contributed by atoms with Crippen molar-refractivity contribution in [2.45, 2.75) is 167 Å². The summed E-state index contributed by atoms with van der Waals surface area (Å²) in [6.45, 7) is 23.1. The van der Waals surface area contributed by atoms with Gasteiger partial charge in [-0.25, -0.2) is 11.7 Å². The van der Waals surface area contributed by atoms with Gasteiger partial charge >= 0.3 is 8.56 Å². The lowest BCUT2D eigenvalue weighted by atomic mass is 9.81. The number of hydrogen-bond acceptors (Lipinski definition) is 18. The van der Waals surface area contributed by atoms with Crippen molar-refractivity contribution in [3.63, 3.8) is 0 Å². The highest BCUT2D eigenvalue weighted by Crippen LogP contribution is 2.27. The molecule has 2 unspecified atom stereocenters. The molecule has 0 heterocycles. The van der Waals surface area contributed by atoms with E-state index in [2.05, 4.69) is 39.3 Å². The van der Waals surface area contributed by atoms with Crippen LogP contribution in [0.3, 0.4) is 0 Å². The Morgan fingerprint density at radius 3 is 1.04 bits per heavy atom. The maximum atomic E-state index is 10.6. The molecule has 0 aromatic rings. The molecule has 2 atom stereocenters. The summed E-state index contributed by atoms with van der Waals surface area (Å²) in [4.78, 5) is 21.1. The predicted octanol–water partition coefficient (Wildman–Crippen LogP) is 1.93. The quantitative estimate of drug-likeness (QED) is 0.0144. The van der Waals surface area contributed by atoms with E-state index in [1.807, 2.05) is 10.9 Å². The van der Waals surface area contributed by atoms with Crippen LogP contribution in [0.1, 0.15) is 116 Å². The molecule has 67 heavy (non-hydrogen) atoms. The molecule has 0 aromatic heterocycles. The van der Waals surface area contributed by atoms with Crippen molar-refractivity contribution in [2.24, 2.45) is 80.9 Å². The first-order valence-electron chi connectivity index (χ1n) is 25.4. The lowest BCUT2D eigenvalue weighted by Crippen LogP contribution is -2.52. The third-order valence-corrected chi connectivity index (χ3v) is 21.6. The average molecular weight is 1020 g/mol. The van der Waals surface area contributed by atoms with Crippen molar-refractivity contribution in [3.05, 3.63) is 0 Å². The van der Waals surface area contributed by atoms with Gasteiger partial charge in [-0.15, -0.1) is 0 Å². The standard InChI is InChI=1S/C12H34N2O2Si3.C10H24N2.C8H18N2.C6H14N4O2.C6H16N2O2.C2H8N2/c1-17(2,11-7-9-13)15-19(5,6)16-18(3,4)12-8-10-14;11-9-7-5-3-1-2-4-6-8-10-12;9-5-7-2-1-3-8(4-7)6-10;7-9-5(11)3-1-2-4-6(12)10-8;7-1-3-9-5-6-10-4-2-8;3-1-2-4/h7-14H2,1-6H3;1-12H2;7-8H,1-6,9-10H2;1-4,7-8H2,(H,9,11)(H,10,12);1-8H2;1-4H2. The van der Waals surface area contributed by atoms with Crippen molar-refractivity contribution >= 4 is 37.0 Å². The Bertz CT molecular complexity index is 950. The number of rotatable bonds is 34. The average Bonchev–Trinajstić information content (AvgIpc) is 3.31. The summed E-state index contributed by atoms with van der Waals surface area (Å²) in [5, 5.41) is 0. The van der Waals surface area contributed by atoms with Crippen LogP contribution in [0, 0.1) is 11.8 Å². The number of carbonyl (C=O) groups excluding carboxylic acids is 2. The van der Waals surface area contributed by atoms with E-state index in [1.54, 1.807) is 0 Å². The number of nitrogens with one attached hydrogen (secondary N) is 2. The molecule has 1 fully saturated rings.